The molecule has 0 bridgehead atoms. The maximum Gasteiger partial charge on any atom is 0.0833 e. The molecule has 0 aliphatic rings. The predicted octanol–water partition coefficient (Wildman–Crippen LogP) is 7.12. The van der Waals surface area contributed by atoms with E-state index in [4.69, 9.17) is 34.8 Å². The molecule has 0 saturated heterocycles. The zero-order chi connectivity index (χ0) is 15.5. The van der Waals surface area contributed by atoms with Crippen LogP contribution in [0.2, 0.25) is 15.1 Å². The fourth-order valence-electron chi connectivity index (χ4n) is 2.29. The number of anilines is 3. The summed E-state index contributed by atoms with van der Waals surface area (Å²) in [6.45, 7) is 0. The number of benzene rings is 3. The highest BCUT2D eigenvalue weighted by Gasteiger charge is 2.17. The molecule has 0 amide bonds. The van der Waals surface area contributed by atoms with Crippen LogP contribution in [0.5, 0.6) is 0 Å². The van der Waals surface area contributed by atoms with Crippen molar-refractivity contribution < 1.29 is 0 Å². The van der Waals surface area contributed by atoms with Gasteiger partial charge in [-0.1, -0.05) is 71.2 Å². The lowest BCUT2D eigenvalue weighted by Crippen LogP contribution is -2.10. The summed E-state index contributed by atoms with van der Waals surface area (Å²) in [6, 6.07) is 23.4. The van der Waals surface area contributed by atoms with Gasteiger partial charge < -0.3 is 4.90 Å². The van der Waals surface area contributed by atoms with E-state index in [0.29, 0.717) is 15.1 Å². The smallest absolute Gasteiger partial charge is 0.0833 e. The summed E-state index contributed by atoms with van der Waals surface area (Å²) in [7, 11) is 0. The molecule has 0 radical (unpaired) electrons. The third kappa shape index (κ3) is 3.07. The second-order valence-electron chi connectivity index (χ2n) is 4.73. The highest BCUT2D eigenvalue weighted by Crippen LogP contribution is 2.42. The maximum absolute atomic E-state index is 6.43. The van der Waals surface area contributed by atoms with Crippen LogP contribution < -0.4 is 4.90 Å². The molecule has 1 nitrogen and oxygen atoms in total. The number of hydrogen-bond donors (Lipinski definition) is 0. The molecule has 0 aliphatic heterocycles. The molecule has 0 N–H and O–H groups in total. The van der Waals surface area contributed by atoms with Gasteiger partial charge in [-0.05, 0) is 36.4 Å². The molecule has 0 heterocycles. The maximum atomic E-state index is 6.43. The molecule has 3 aromatic rings. The molecule has 0 atom stereocenters. The van der Waals surface area contributed by atoms with Crippen LogP contribution in [0.15, 0.2) is 72.8 Å². The Morgan fingerprint density at radius 3 is 1.64 bits per heavy atom. The van der Waals surface area contributed by atoms with Crippen molar-refractivity contribution in [3.8, 4) is 0 Å². The minimum Gasteiger partial charge on any atom is -0.309 e. The SMILES string of the molecule is Clc1cc(Cl)c(Cl)c(N(c2ccccc2)c2ccccc2)c1. The Labute approximate surface area is 144 Å². The molecular weight excluding hydrogens is 337 g/mol. The summed E-state index contributed by atoms with van der Waals surface area (Å²) in [4.78, 5) is 2.03. The van der Waals surface area contributed by atoms with E-state index in [1.54, 1.807) is 6.07 Å². The monoisotopic (exact) mass is 347 g/mol. The number of rotatable bonds is 3. The highest BCUT2D eigenvalue weighted by molar-refractivity contribution is 6.45. The van der Waals surface area contributed by atoms with Gasteiger partial charge >= 0.3 is 0 Å². The Balaban J connectivity index is 2.23. The second-order valence-corrected chi connectivity index (χ2v) is 5.95. The van der Waals surface area contributed by atoms with Crippen LogP contribution in [0.1, 0.15) is 0 Å². The van der Waals surface area contributed by atoms with Gasteiger partial charge in [-0.15, -0.1) is 0 Å². The number of hydrogen-bond acceptors (Lipinski definition) is 1. The molecule has 0 fully saturated rings. The van der Waals surface area contributed by atoms with Gasteiger partial charge in [0.1, 0.15) is 0 Å². The molecule has 3 aromatic carbocycles. The molecule has 22 heavy (non-hydrogen) atoms. The van der Waals surface area contributed by atoms with Crippen molar-refractivity contribution in [2.75, 3.05) is 4.90 Å². The number of para-hydroxylation sites is 2. The third-order valence-electron chi connectivity index (χ3n) is 3.24. The van der Waals surface area contributed by atoms with Gasteiger partial charge in [-0.3, -0.25) is 0 Å². The Kier molecular flexibility index (Phi) is 4.58. The van der Waals surface area contributed by atoms with E-state index in [-0.39, 0.29) is 0 Å². The fourth-order valence-corrected chi connectivity index (χ4v) is 2.96. The average molecular weight is 349 g/mol. The quantitative estimate of drug-likeness (QED) is 0.455. The van der Waals surface area contributed by atoms with Crippen LogP contribution in [-0.2, 0) is 0 Å². The first kappa shape index (κ1) is 15.2. The lowest BCUT2D eigenvalue weighted by molar-refractivity contribution is 1.28. The summed E-state index contributed by atoms with van der Waals surface area (Å²) in [5.74, 6) is 0. The molecule has 3 rings (SSSR count). The third-order valence-corrected chi connectivity index (χ3v) is 4.25. The van der Waals surface area contributed by atoms with E-state index in [1.807, 2.05) is 71.6 Å². The number of nitrogens with zero attached hydrogens (tertiary/aromatic N) is 1. The molecular formula is C18H12Cl3N. The largest absolute Gasteiger partial charge is 0.309 e. The first-order valence-corrected chi connectivity index (χ1v) is 7.85. The molecule has 110 valence electrons. The molecule has 0 aromatic heterocycles. The Morgan fingerprint density at radius 1 is 0.636 bits per heavy atom. The van der Waals surface area contributed by atoms with E-state index in [1.165, 1.54) is 0 Å². The van der Waals surface area contributed by atoms with Crippen LogP contribution >= 0.6 is 34.8 Å². The van der Waals surface area contributed by atoms with Crippen LogP contribution in [0.3, 0.4) is 0 Å². The Bertz CT molecular complexity index is 734. The Hall–Kier alpha value is -1.67. The van der Waals surface area contributed by atoms with E-state index in [0.717, 1.165) is 17.1 Å². The van der Waals surface area contributed by atoms with Crippen molar-refractivity contribution in [2.24, 2.45) is 0 Å². The summed E-state index contributed by atoms with van der Waals surface area (Å²) in [5, 5.41) is 1.45. The van der Waals surface area contributed by atoms with Gasteiger partial charge in [0.15, 0.2) is 0 Å². The van der Waals surface area contributed by atoms with Crippen molar-refractivity contribution in [1.29, 1.82) is 0 Å². The zero-order valence-corrected chi connectivity index (χ0v) is 13.8. The summed E-state index contributed by atoms with van der Waals surface area (Å²) in [5.41, 5.74) is 2.71. The molecule has 4 heteroatoms. The van der Waals surface area contributed by atoms with Crippen LogP contribution in [0.4, 0.5) is 17.1 Å². The van der Waals surface area contributed by atoms with Gasteiger partial charge in [-0.25, -0.2) is 0 Å². The summed E-state index contributed by atoms with van der Waals surface area (Å²) < 4.78 is 0. The standard InChI is InChI=1S/C18H12Cl3N/c19-13-11-16(20)18(21)17(12-13)22(14-7-3-1-4-8-14)15-9-5-2-6-10-15/h1-12H. The van der Waals surface area contributed by atoms with Gasteiger partial charge in [0.25, 0.3) is 0 Å². The van der Waals surface area contributed by atoms with E-state index < -0.39 is 0 Å². The first-order valence-electron chi connectivity index (χ1n) is 6.71. The van der Waals surface area contributed by atoms with Crippen molar-refractivity contribution in [3.05, 3.63) is 87.9 Å². The van der Waals surface area contributed by atoms with Crippen molar-refractivity contribution >= 4 is 51.9 Å². The van der Waals surface area contributed by atoms with Gasteiger partial charge in [0.2, 0.25) is 0 Å². The minimum atomic E-state index is 0.432. The van der Waals surface area contributed by atoms with E-state index in [2.05, 4.69) is 0 Å². The molecule has 0 spiro atoms. The topological polar surface area (TPSA) is 3.24 Å². The van der Waals surface area contributed by atoms with Gasteiger partial charge in [0, 0.05) is 16.4 Å². The number of halogens is 3. The molecule has 0 aliphatic carbocycles. The molecule has 0 saturated carbocycles. The first-order chi connectivity index (χ1) is 10.7. The Morgan fingerprint density at radius 2 is 1.14 bits per heavy atom. The second kappa shape index (κ2) is 6.62. The highest BCUT2D eigenvalue weighted by atomic mass is 35.5. The average Bonchev–Trinajstić information content (AvgIpc) is 2.54. The molecule has 0 unspecified atom stereocenters. The van der Waals surface area contributed by atoms with Crippen LogP contribution in [0.25, 0.3) is 0 Å². The summed E-state index contributed by atoms with van der Waals surface area (Å²) >= 11 is 18.8. The lowest BCUT2D eigenvalue weighted by atomic mass is 10.2. The van der Waals surface area contributed by atoms with E-state index in [9.17, 15) is 0 Å². The minimum absolute atomic E-state index is 0.432. The predicted molar refractivity (Wildman–Crippen MR) is 96.2 cm³/mol. The van der Waals surface area contributed by atoms with Crippen molar-refractivity contribution in [2.45, 2.75) is 0 Å². The van der Waals surface area contributed by atoms with E-state index >= 15 is 0 Å². The zero-order valence-electron chi connectivity index (χ0n) is 11.5. The van der Waals surface area contributed by atoms with Crippen molar-refractivity contribution in [3.63, 3.8) is 0 Å². The van der Waals surface area contributed by atoms with Gasteiger partial charge in [0.05, 0.1) is 15.7 Å². The van der Waals surface area contributed by atoms with Crippen LogP contribution in [0, 0.1) is 0 Å². The van der Waals surface area contributed by atoms with Gasteiger partial charge in [-0.2, -0.15) is 0 Å². The summed E-state index contributed by atoms with van der Waals surface area (Å²) in [6.07, 6.45) is 0. The normalized spacial score (nSPS) is 10.5. The lowest BCUT2D eigenvalue weighted by Gasteiger charge is -2.26. The van der Waals surface area contributed by atoms with Crippen molar-refractivity contribution in [1.82, 2.24) is 0 Å². The fraction of sp³-hybridized carbons (Fsp3) is 0. The van der Waals surface area contributed by atoms with Crippen LogP contribution in [-0.4, -0.2) is 0 Å².